The van der Waals surface area contributed by atoms with Gasteiger partial charge in [0.2, 0.25) is 0 Å². The molecule has 0 spiro atoms. The van der Waals surface area contributed by atoms with E-state index in [4.69, 9.17) is 0 Å². The average molecular weight is 181 g/mol. The zero-order valence-corrected chi connectivity index (χ0v) is 9.34. The maximum atomic E-state index is 2.78. The van der Waals surface area contributed by atoms with Crippen molar-refractivity contribution >= 4 is 0 Å². The highest BCUT2D eigenvalue weighted by atomic mass is 15.2. The summed E-state index contributed by atoms with van der Waals surface area (Å²) in [5, 5.41) is 0. The van der Waals surface area contributed by atoms with Gasteiger partial charge in [0, 0.05) is 11.6 Å². The first kappa shape index (κ1) is 9.51. The first-order chi connectivity index (χ1) is 6.15. The van der Waals surface area contributed by atoms with Gasteiger partial charge in [-0.3, -0.25) is 4.90 Å². The summed E-state index contributed by atoms with van der Waals surface area (Å²) in [4.78, 5) is 2.78. The standard InChI is InChI=1S/C12H23N/c1-4-12(2,3)13-9-8-10-6-5-7-11(10)13/h10-11H,4-9H2,1-3H3. The highest BCUT2D eigenvalue weighted by Crippen LogP contribution is 2.41. The second kappa shape index (κ2) is 3.27. The van der Waals surface area contributed by atoms with Crippen LogP contribution in [0.4, 0.5) is 0 Å². The van der Waals surface area contributed by atoms with Crippen molar-refractivity contribution in [3.05, 3.63) is 0 Å². The third kappa shape index (κ3) is 1.52. The minimum absolute atomic E-state index is 0.448. The van der Waals surface area contributed by atoms with Gasteiger partial charge in [0.25, 0.3) is 0 Å². The largest absolute Gasteiger partial charge is 0.295 e. The number of likely N-dealkylation sites (tertiary alicyclic amines) is 1. The molecule has 0 N–H and O–H groups in total. The maximum absolute atomic E-state index is 2.78. The Morgan fingerprint density at radius 3 is 2.69 bits per heavy atom. The molecule has 2 aliphatic rings. The first-order valence-electron chi connectivity index (χ1n) is 5.92. The van der Waals surface area contributed by atoms with Crippen LogP contribution >= 0.6 is 0 Å². The molecule has 2 rings (SSSR count). The van der Waals surface area contributed by atoms with Crippen LogP contribution in [-0.4, -0.2) is 23.0 Å². The molecular weight excluding hydrogens is 158 g/mol. The van der Waals surface area contributed by atoms with Crippen molar-refractivity contribution in [2.24, 2.45) is 5.92 Å². The van der Waals surface area contributed by atoms with E-state index < -0.39 is 0 Å². The second-order valence-electron chi connectivity index (χ2n) is 5.41. The molecule has 1 saturated heterocycles. The molecule has 2 unspecified atom stereocenters. The van der Waals surface area contributed by atoms with Crippen LogP contribution in [0.15, 0.2) is 0 Å². The van der Waals surface area contributed by atoms with Crippen molar-refractivity contribution in [3.63, 3.8) is 0 Å². The van der Waals surface area contributed by atoms with Crippen molar-refractivity contribution in [1.82, 2.24) is 4.90 Å². The van der Waals surface area contributed by atoms with Gasteiger partial charge >= 0.3 is 0 Å². The van der Waals surface area contributed by atoms with Crippen LogP contribution in [-0.2, 0) is 0 Å². The van der Waals surface area contributed by atoms with Crippen molar-refractivity contribution in [2.75, 3.05) is 6.54 Å². The van der Waals surface area contributed by atoms with Gasteiger partial charge in [-0.25, -0.2) is 0 Å². The van der Waals surface area contributed by atoms with Crippen LogP contribution in [0, 0.1) is 5.92 Å². The molecular formula is C12H23N. The van der Waals surface area contributed by atoms with E-state index in [1.54, 1.807) is 0 Å². The Kier molecular flexibility index (Phi) is 2.39. The summed E-state index contributed by atoms with van der Waals surface area (Å²) in [7, 11) is 0. The predicted molar refractivity (Wildman–Crippen MR) is 56.8 cm³/mol. The molecule has 2 atom stereocenters. The molecule has 1 saturated carbocycles. The lowest BCUT2D eigenvalue weighted by Crippen LogP contribution is -2.46. The summed E-state index contributed by atoms with van der Waals surface area (Å²) in [5.41, 5.74) is 0.448. The number of hydrogen-bond donors (Lipinski definition) is 0. The summed E-state index contributed by atoms with van der Waals surface area (Å²) in [6.45, 7) is 8.50. The Morgan fingerprint density at radius 1 is 1.23 bits per heavy atom. The van der Waals surface area contributed by atoms with Crippen LogP contribution in [0.3, 0.4) is 0 Å². The van der Waals surface area contributed by atoms with E-state index in [0.717, 1.165) is 12.0 Å². The van der Waals surface area contributed by atoms with E-state index in [-0.39, 0.29) is 0 Å². The van der Waals surface area contributed by atoms with E-state index in [1.807, 2.05) is 0 Å². The van der Waals surface area contributed by atoms with Crippen molar-refractivity contribution in [1.29, 1.82) is 0 Å². The van der Waals surface area contributed by atoms with E-state index in [0.29, 0.717) is 5.54 Å². The SMILES string of the molecule is CCC(C)(C)N1CCC2CCCC21. The Balaban J connectivity index is 2.08. The fourth-order valence-electron chi connectivity index (χ4n) is 3.19. The molecule has 76 valence electrons. The average Bonchev–Trinajstić information content (AvgIpc) is 2.62. The lowest BCUT2D eigenvalue weighted by molar-refractivity contribution is 0.0957. The molecule has 0 aromatic rings. The third-order valence-corrected chi connectivity index (χ3v) is 4.40. The molecule has 1 aliphatic heterocycles. The summed E-state index contributed by atoms with van der Waals surface area (Å²) in [6, 6.07) is 0.940. The predicted octanol–water partition coefficient (Wildman–Crippen LogP) is 3.05. The molecule has 13 heavy (non-hydrogen) atoms. The van der Waals surface area contributed by atoms with Crippen LogP contribution in [0.5, 0.6) is 0 Å². The van der Waals surface area contributed by atoms with E-state index in [1.165, 1.54) is 38.6 Å². The smallest absolute Gasteiger partial charge is 0.0153 e. The van der Waals surface area contributed by atoms with Gasteiger partial charge in [-0.15, -0.1) is 0 Å². The monoisotopic (exact) mass is 181 g/mol. The van der Waals surface area contributed by atoms with Crippen LogP contribution in [0.25, 0.3) is 0 Å². The van der Waals surface area contributed by atoms with E-state index in [2.05, 4.69) is 25.7 Å². The molecule has 1 heteroatoms. The van der Waals surface area contributed by atoms with Gasteiger partial charge < -0.3 is 0 Å². The highest BCUT2D eigenvalue weighted by Gasteiger charge is 2.42. The molecule has 0 radical (unpaired) electrons. The first-order valence-corrected chi connectivity index (χ1v) is 5.92. The molecule has 0 aromatic heterocycles. The Hall–Kier alpha value is -0.0400. The number of nitrogens with zero attached hydrogens (tertiary/aromatic N) is 1. The molecule has 0 amide bonds. The highest BCUT2D eigenvalue weighted by molar-refractivity contribution is 4.97. The fraction of sp³-hybridized carbons (Fsp3) is 1.00. The second-order valence-corrected chi connectivity index (χ2v) is 5.41. The van der Waals surface area contributed by atoms with Crippen LogP contribution < -0.4 is 0 Å². The molecule has 2 fully saturated rings. The van der Waals surface area contributed by atoms with Gasteiger partial charge in [-0.1, -0.05) is 13.3 Å². The minimum atomic E-state index is 0.448. The molecule has 1 nitrogen and oxygen atoms in total. The van der Waals surface area contributed by atoms with Crippen molar-refractivity contribution in [3.8, 4) is 0 Å². The Bertz CT molecular complexity index is 186. The van der Waals surface area contributed by atoms with Crippen molar-refractivity contribution < 1.29 is 0 Å². The Labute approximate surface area is 82.5 Å². The van der Waals surface area contributed by atoms with Gasteiger partial charge in [-0.2, -0.15) is 0 Å². The normalized spacial score (nSPS) is 35.3. The van der Waals surface area contributed by atoms with Gasteiger partial charge in [0.15, 0.2) is 0 Å². The maximum Gasteiger partial charge on any atom is 0.0153 e. The van der Waals surface area contributed by atoms with Gasteiger partial charge in [0.1, 0.15) is 0 Å². The molecule has 1 heterocycles. The zero-order chi connectivity index (χ0) is 9.47. The third-order valence-electron chi connectivity index (χ3n) is 4.40. The topological polar surface area (TPSA) is 3.24 Å². The molecule has 1 aliphatic carbocycles. The number of hydrogen-bond acceptors (Lipinski definition) is 1. The fourth-order valence-corrected chi connectivity index (χ4v) is 3.19. The van der Waals surface area contributed by atoms with Crippen LogP contribution in [0.1, 0.15) is 52.9 Å². The summed E-state index contributed by atoms with van der Waals surface area (Å²) < 4.78 is 0. The number of fused-ring (bicyclic) bond motifs is 1. The minimum Gasteiger partial charge on any atom is -0.295 e. The van der Waals surface area contributed by atoms with Gasteiger partial charge in [0.05, 0.1) is 0 Å². The lowest BCUT2D eigenvalue weighted by atomic mass is 9.97. The Morgan fingerprint density at radius 2 is 2.00 bits per heavy atom. The van der Waals surface area contributed by atoms with Crippen molar-refractivity contribution in [2.45, 2.75) is 64.5 Å². The lowest BCUT2D eigenvalue weighted by Gasteiger charge is -2.39. The van der Waals surface area contributed by atoms with Gasteiger partial charge in [-0.05, 0) is 52.0 Å². The summed E-state index contributed by atoms with van der Waals surface area (Å²) in [5.74, 6) is 1.05. The van der Waals surface area contributed by atoms with E-state index in [9.17, 15) is 0 Å². The van der Waals surface area contributed by atoms with Crippen LogP contribution in [0.2, 0.25) is 0 Å². The zero-order valence-electron chi connectivity index (χ0n) is 9.34. The quantitative estimate of drug-likeness (QED) is 0.633. The molecule has 0 aromatic carbocycles. The van der Waals surface area contributed by atoms with E-state index >= 15 is 0 Å². The number of rotatable bonds is 2. The molecule has 0 bridgehead atoms. The summed E-state index contributed by atoms with van der Waals surface area (Å²) >= 11 is 0. The summed E-state index contributed by atoms with van der Waals surface area (Å²) in [6.07, 6.45) is 7.20.